The van der Waals surface area contributed by atoms with Crippen LogP contribution in [0.2, 0.25) is 0 Å². The second-order valence-corrected chi connectivity index (χ2v) is 7.07. The van der Waals surface area contributed by atoms with Gasteiger partial charge in [-0.15, -0.1) is 0 Å². The van der Waals surface area contributed by atoms with Crippen molar-refractivity contribution < 1.29 is 18.3 Å². The monoisotopic (exact) mass is 358 g/mol. The van der Waals surface area contributed by atoms with Crippen molar-refractivity contribution in [2.24, 2.45) is 7.05 Å². The van der Waals surface area contributed by atoms with E-state index in [0.717, 1.165) is 6.26 Å². The minimum Gasteiger partial charge on any atom is -0.476 e. The number of carboxylic acids is 1. The summed E-state index contributed by atoms with van der Waals surface area (Å²) in [6.45, 7) is 0. The first-order chi connectivity index (χ1) is 9.21. The number of benzene rings is 1. The fourth-order valence-electron chi connectivity index (χ4n) is 1.87. The maximum absolute atomic E-state index is 11.9. The van der Waals surface area contributed by atoms with Crippen molar-refractivity contribution in [3.63, 3.8) is 0 Å². The van der Waals surface area contributed by atoms with Gasteiger partial charge in [0.05, 0.1) is 10.6 Å². The number of sulfone groups is 1. The van der Waals surface area contributed by atoms with Crippen LogP contribution in [0.25, 0.3) is 11.3 Å². The smallest absolute Gasteiger partial charge is 0.356 e. The lowest BCUT2D eigenvalue weighted by atomic mass is 10.1. The first-order valence-electron chi connectivity index (χ1n) is 5.48. The number of aromatic carboxylic acids is 1. The van der Waals surface area contributed by atoms with Crippen molar-refractivity contribution in [1.82, 2.24) is 9.78 Å². The van der Waals surface area contributed by atoms with E-state index in [0.29, 0.717) is 15.7 Å². The molecule has 0 unspecified atom stereocenters. The highest BCUT2D eigenvalue weighted by Gasteiger charge is 2.21. The standard InChI is InChI=1S/C12H11BrN2O4S/c1-15-9(6-8(14-15)12(16)17)11-7(13)4-3-5-10(11)20(2,18)19/h3-6H,1-2H3,(H,16,17). The fraction of sp³-hybridized carbons (Fsp3) is 0.167. The van der Waals surface area contributed by atoms with Crippen LogP contribution < -0.4 is 0 Å². The molecule has 0 fully saturated rings. The summed E-state index contributed by atoms with van der Waals surface area (Å²) in [5.41, 5.74) is 0.672. The molecule has 1 aromatic heterocycles. The van der Waals surface area contributed by atoms with E-state index in [9.17, 15) is 13.2 Å². The number of hydrogen-bond acceptors (Lipinski definition) is 4. The molecule has 0 saturated carbocycles. The number of halogens is 1. The van der Waals surface area contributed by atoms with Crippen molar-refractivity contribution in [1.29, 1.82) is 0 Å². The molecule has 1 N–H and O–H groups in total. The van der Waals surface area contributed by atoms with Crippen LogP contribution in [0, 0.1) is 0 Å². The Bertz CT molecular complexity index is 796. The predicted molar refractivity (Wildman–Crippen MR) is 76.4 cm³/mol. The average molecular weight is 359 g/mol. The normalized spacial score (nSPS) is 11.6. The third-order valence-electron chi connectivity index (χ3n) is 2.73. The van der Waals surface area contributed by atoms with E-state index >= 15 is 0 Å². The highest BCUT2D eigenvalue weighted by atomic mass is 79.9. The molecular weight excluding hydrogens is 348 g/mol. The Kier molecular flexibility index (Phi) is 3.70. The van der Waals surface area contributed by atoms with E-state index in [1.807, 2.05) is 0 Å². The van der Waals surface area contributed by atoms with Crippen LogP contribution in [-0.4, -0.2) is 35.5 Å². The fourth-order valence-corrected chi connectivity index (χ4v) is 3.48. The van der Waals surface area contributed by atoms with Crippen LogP contribution in [-0.2, 0) is 16.9 Å². The molecule has 6 nitrogen and oxygen atoms in total. The number of rotatable bonds is 3. The van der Waals surface area contributed by atoms with E-state index in [1.165, 1.54) is 16.8 Å². The molecule has 0 amide bonds. The lowest BCUT2D eigenvalue weighted by Crippen LogP contribution is -2.03. The van der Waals surface area contributed by atoms with E-state index in [2.05, 4.69) is 21.0 Å². The number of carboxylic acid groups (broad SMARTS) is 1. The molecular formula is C12H11BrN2O4S. The Hall–Kier alpha value is -1.67. The molecule has 20 heavy (non-hydrogen) atoms. The van der Waals surface area contributed by atoms with Crippen molar-refractivity contribution >= 4 is 31.7 Å². The number of aryl methyl sites for hydroxylation is 1. The summed E-state index contributed by atoms with van der Waals surface area (Å²) in [5.74, 6) is -1.17. The molecule has 0 saturated heterocycles. The van der Waals surface area contributed by atoms with Crippen LogP contribution in [0.1, 0.15) is 10.5 Å². The summed E-state index contributed by atoms with van der Waals surface area (Å²) in [5, 5.41) is 12.8. The lowest BCUT2D eigenvalue weighted by Gasteiger charge is -2.10. The maximum Gasteiger partial charge on any atom is 0.356 e. The van der Waals surface area contributed by atoms with Gasteiger partial charge in [0.25, 0.3) is 0 Å². The Labute approximate surface area is 124 Å². The quantitative estimate of drug-likeness (QED) is 0.905. The SMILES string of the molecule is Cn1nc(C(=O)O)cc1-c1c(Br)cccc1S(C)(=O)=O. The third-order valence-corrected chi connectivity index (χ3v) is 4.53. The first-order valence-corrected chi connectivity index (χ1v) is 8.16. The number of aromatic nitrogens is 2. The van der Waals surface area contributed by atoms with Gasteiger partial charge in [0.1, 0.15) is 0 Å². The molecule has 8 heteroatoms. The molecule has 0 aliphatic rings. The summed E-state index contributed by atoms with van der Waals surface area (Å²) in [6.07, 6.45) is 1.10. The molecule has 0 spiro atoms. The van der Waals surface area contributed by atoms with E-state index in [4.69, 9.17) is 5.11 Å². The molecule has 106 valence electrons. The van der Waals surface area contributed by atoms with Gasteiger partial charge in [-0.05, 0) is 18.2 Å². The van der Waals surface area contributed by atoms with Crippen LogP contribution >= 0.6 is 15.9 Å². The van der Waals surface area contributed by atoms with Gasteiger partial charge in [-0.1, -0.05) is 22.0 Å². The summed E-state index contributed by atoms with van der Waals surface area (Å²) in [7, 11) is -1.89. The molecule has 0 aliphatic heterocycles. The zero-order valence-corrected chi connectivity index (χ0v) is 13.1. The van der Waals surface area contributed by atoms with Gasteiger partial charge < -0.3 is 5.11 Å². The Balaban J connectivity index is 2.79. The van der Waals surface area contributed by atoms with Crippen molar-refractivity contribution in [3.8, 4) is 11.3 Å². The predicted octanol–water partition coefficient (Wildman–Crippen LogP) is 1.95. The van der Waals surface area contributed by atoms with Gasteiger partial charge in [0.2, 0.25) is 0 Å². The molecule has 0 aliphatic carbocycles. The van der Waals surface area contributed by atoms with Gasteiger partial charge in [-0.3, -0.25) is 4.68 Å². The molecule has 2 aromatic rings. The molecule has 0 radical (unpaired) electrons. The van der Waals surface area contributed by atoms with E-state index in [-0.39, 0.29) is 10.6 Å². The van der Waals surface area contributed by atoms with Gasteiger partial charge >= 0.3 is 5.97 Å². The summed E-state index contributed by atoms with van der Waals surface area (Å²) < 4.78 is 25.6. The zero-order valence-electron chi connectivity index (χ0n) is 10.7. The number of carbonyl (C=O) groups is 1. The second kappa shape index (κ2) is 5.02. The van der Waals surface area contributed by atoms with Crippen LogP contribution in [0.3, 0.4) is 0 Å². The zero-order chi connectivity index (χ0) is 15.1. The van der Waals surface area contributed by atoms with Gasteiger partial charge in [-0.25, -0.2) is 13.2 Å². The summed E-state index contributed by atoms with van der Waals surface area (Å²) in [4.78, 5) is 11.1. The molecule has 2 rings (SSSR count). The van der Waals surface area contributed by atoms with Crippen LogP contribution in [0.4, 0.5) is 0 Å². The topological polar surface area (TPSA) is 89.3 Å². The van der Waals surface area contributed by atoms with Gasteiger partial charge in [0.15, 0.2) is 15.5 Å². The van der Waals surface area contributed by atoms with Gasteiger partial charge in [-0.2, -0.15) is 5.10 Å². The highest BCUT2D eigenvalue weighted by molar-refractivity contribution is 9.10. The highest BCUT2D eigenvalue weighted by Crippen LogP contribution is 2.34. The first kappa shape index (κ1) is 14.7. The maximum atomic E-state index is 11.9. The van der Waals surface area contributed by atoms with Crippen LogP contribution in [0.15, 0.2) is 33.6 Å². The third kappa shape index (κ3) is 2.61. The summed E-state index contributed by atoms with van der Waals surface area (Å²) in [6, 6.07) is 6.12. The van der Waals surface area contributed by atoms with Crippen molar-refractivity contribution in [2.75, 3.05) is 6.26 Å². The second-order valence-electron chi connectivity index (χ2n) is 4.23. The van der Waals surface area contributed by atoms with Crippen LogP contribution in [0.5, 0.6) is 0 Å². The minimum absolute atomic E-state index is 0.117. The Morgan fingerprint density at radius 2 is 2.05 bits per heavy atom. The number of nitrogens with zero attached hydrogens (tertiary/aromatic N) is 2. The van der Waals surface area contributed by atoms with Crippen molar-refractivity contribution in [2.45, 2.75) is 4.90 Å². The molecule has 0 bridgehead atoms. The summed E-state index contributed by atoms with van der Waals surface area (Å²) >= 11 is 3.30. The Morgan fingerprint density at radius 3 is 2.55 bits per heavy atom. The molecule has 1 aromatic carbocycles. The average Bonchev–Trinajstić information content (AvgIpc) is 2.70. The molecule has 1 heterocycles. The Morgan fingerprint density at radius 1 is 1.40 bits per heavy atom. The van der Waals surface area contributed by atoms with E-state index in [1.54, 1.807) is 19.2 Å². The van der Waals surface area contributed by atoms with Gasteiger partial charge in [0, 0.05) is 23.3 Å². The minimum atomic E-state index is -3.45. The molecule has 0 atom stereocenters. The van der Waals surface area contributed by atoms with Crippen molar-refractivity contribution in [3.05, 3.63) is 34.4 Å². The van der Waals surface area contributed by atoms with E-state index < -0.39 is 15.8 Å². The largest absolute Gasteiger partial charge is 0.476 e. The lowest BCUT2D eigenvalue weighted by molar-refractivity contribution is 0.0689. The number of hydrogen-bond donors (Lipinski definition) is 1.